The number of aliphatic hydroxyl groups is 2. The van der Waals surface area contributed by atoms with Crippen molar-refractivity contribution in [2.45, 2.75) is 11.8 Å². The third-order valence-electron chi connectivity index (χ3n) is 3.60. The van der Waals surface area contributed by atoms with Gasteiger partial charge in [-0.3, -0.25) is 0 Å². The molecular weight excluding hydrogens is 342 g/mol. The van der Waals surface area contributed by atoms with Crippen LogP contribution < -0.4 is 0 Å². The van der Waals surface area contributed by atoms with Gasteiger partial charge in [0.1, 0.15) is 11.6 Å². The van der Waals surface area contributed by atoms with Crippen molar-refractivity contribution in [3.05, 3.63) is 69.7 Å². The molecule has 0 radical (unpaired) electrons. The molecule has 0 fully saturated rings. The zero-order valence-corrected chi connectivity index (χ0v) is 12.8. The SMILES string of the molecule is OCC(CO)(Cc1cccc(F)c1Br)c1cccc(F)c1. The van der Waals surface area contributed by atoms with Gasteiger partial charge in [0.25, 0.3) is 0 Å². The van der Waals surface area contributed by atoms with E-state index in [-0.39, 0.29) is 24.1 Å². The van der Waals surface area contributed by atoms with Crippen LogP contribution in [0.2, 0.25) is 0 Å². The summed E-state index contributed by atoms with van der Waals surface area (Å²) < 4.78 is 27.3. The Morgan fingerprint density at radius 2 is 1.67 bits per heavy atom. The average Bonchev–Trinajstić information content (AvgIpc) is 2.49. The maximum atomic E-state index is 13.6. The highest BCUT2D eigenvalue weighted by Crippen LogP contribution is 2.32. The van der Waals surface area contributed by atoms with Crippen molar-refractivity contribution < 1.29 is 19.0 Å². The molecule has 0 aliphatic carbocycles. The first-order chi connectivity index (χ1) is 10.0. The minimum atomic E-state index is -1.07. The van der Waals surface area contributed by atoms with E-state index in [1.54, 1.807) is 18.2 Å². The van der Waals surface area contributed by atoms with Gasteiger partial charge in [0, 0.05) is 5.41 Å². The first-order valence-corrected chi connectivity index (χ1v) is 7.22. The van der Waals surface area contributed by atoms with Crippen molar-refractivity contribution in [1.82, 2.24) is 0 Å². The number of halogens is 3. The summed E-state index contributed by atoms with van der Waals surface area (Å²) in [5.74, 6) is -0.867. The first kappa shape index (κ1) is 16.1. The second-order valence-electron chi connectivity index (χ2n) is 5.00. The molecule has 5 heteroatoms. The number of hydrogen-bond donors (Lipinski definition) is 2. The summed E-state index contributed by atoms with van der Waals surface area (Å²) >= 11 is 3.17. The molecule has 2 rings (SSSR count). The van der Waals surface area contributed by atoms with Crippen molar-refractivity contribution >= 4 is 15.9 Å². The van der Waals surface area contributed by atoms with Crippen LogP contribution in [0.1, 0.15) is 11.1 Å². The van der Waals surface area contributed by atoms with Crippen molar-refractivity contribution in [3.63, 3.8) is 0 Å². The molecular formula is C16H15BrF2O2. The number of benzene rings is 2. The van der Waals surface area contributed by atoms with E-state index in [0.29, 0.717) is 11.1 Å². The topological polar surface area (TPSA) is 40.5 Å². The van der Waals surface area contributed by atoms with E-state index in [2.05, 4.69) is 15.9 Å². The monoisotopic (exact) mass is 356 g/mol. The molecule has 2 aromatic carbocycles. The van der Waals surface area contributed by atoms with Crippen molar-refractivity contribution in [1.29, 1.82) is 0 Å². The molecule has 0 saturated heterocycles. The molecule has 0 spiro atoms. The molecule has 0 bridgehead atoms. The van der Waals surface area contributed by atoms with Crippen LogP contribution in [0, 0.1) is 11.6 Å². The Labute approximate surface area is 130 Å². The molecule has 2 N–H and O–H groups in total. The van der Waals surface area contributed by atoms with Gasteiger partial charge in [-0.25, -0.2) is 8.78 Å². The molecule has 0 aliphatic heterocycles. The zero-order valence-electron chi connectivity index (χ0n) is 11.2. The number of aliphatic hydroxyl groups excluding tert-OH is 2. The van der Waals surface area contributed by atoms with Gasteiger partial charge in [-0.05, 0) is 51.7 Å². The molecule has 0 unspecified atom stereocenters. The minimum absolute atomic E-state index is 0.182. The van der Waals surface area contributed by atoms with E-state index < -0.39 is 17.0 Å². The second-order valence-corrected chi connectivity index (χ2v) is 5.79. The molecule has 112 valence electrons. The van der Waals surface area contributed by atoms with Crippen LogP contribution >= 0.6 is 15.9 Å². The van der Waals surface area contributed by atoms with E-state index in [1.807, 2.05) is 0 Å². The predicted octanol–water partition coefficient (Wildman–Crippen LogP) is 3.19. The third kappa shape index (κ3) is 3.31. The molecule has 2 aromatic rings. The van der Waals surface area contributed by atoms with Gasteiger partial charge in [0.15, 0.2) is 0 Å². The second kappa shape index (κ2) is 6.64. The fourth-order valence-electron chi connectivity index (χ4n) is 2.31. The Kier molecular flexibility index (Phi) is 5.08. The minimum Gasteiger partial charge on any atom is -0.395 e. The lowest BCUT2D eigenvalue weighted by Gasteiger charge is -2.31. The Balaban J connectivity index is 2.45. The van der Waals surface area contributed by atoms with Crippen LogP contribution in [0.15, 0.2) is 46.9 Å². The van der Waals surface area contributed by atoms with Crippen LogP contribution in [0.5, 0.6) is 0 Å². The van der Waals surface area contributed by atoms with Gasteiger partial charge in [-0.15, -0.1) is 0 Å². The first-order valence-electron chi connectivity index (χ1n) is 6.43. The fraction of sp³-hybridized carbons (Fsp3) is 0.250. The smallest absolute Gasteiger partial charge is 0.137 e. The van der Waals surface area contributed by atoms with Crippen molar-refractivity contribution in [2.75, 3.05) is 13.2 Å². The lowest BCUT2D eigenvalue weighted by molar-refractivity contribution is 0.116. The van der Waals surface area contributed by atoms with Crippen molar-refractivity contribution in [3.8, 4) is 0 Å². The summed E-state index contributed by atoms with van der Waals surface area (Å²) in [4.78, 5) is 0. The Bertz CT molecular complexity index is 627. The normalized spacial score (nSPS) is 11.7. The van der Waals surface area contributed by atoms with Crippen molar-refractivity contribution in [2.24, 2.45) is 0 Å². The largest absolute Gasteiger partial charge is 0.395 e. The molecule has 21 heavy (non-hydrogen) atoms. The summed E-state index contributed by atoms with van der Waals surface area (Å²) in [5.41, 5.74) is 0.00400. The fourth-order valence-corrected chi connectivity index (χ4v) is 2.72. The standard InChI is InChI=1S/C16H15BrF2O2/c17-15-11(3-1-6-14(15)19)8-16(9-20,10-21)12-4-2-5-13(18)7-12/h1-7,20-21H,8-10H2. The molecule has 0 heterocycles. The van der Waals surface area contributed by atoms with Gasteiger partial charge < -0.3 is 10.2 Å². The van der Waals surface area contributed by atoms with Crippen LogP contribution in [-0.4, -0.2) is 23.4 Å². The zero-order chi connectivity index (χ0) is 15.5. The van der Waals surface area contributed by atoms with Gasteiger partial charge in [0.05, 0.1) is 17.7 Å². The van der Waals surface area contributed by atoms with E-state index in [0.717, 1.165) is 0 Å². The van der Waals surface area contributed by atoms with Crippen LogP contribution in [-0.2, 0) is 11.8 Å². The van der Waals surface area contributed by atoms with Gasteiger partial charge in [-0.1, -0.05) is 24.3 Å². The summed E-state index contributed by atoms with van der Waals surface area (Å²) in [5, 5.41) is 19.5. The highest BCUT2D eigenvalue weighted by Gasteiger charge is 2.32. The van der Waals surface area contributed by atoms with E-state index in [9.17, 15) is 19.0 Å². The van der Waals surface area contributed by atoms with E-state index in [4.69, 9.17) is 0 Å². The summed E-state index contributed by atoms with van der Waals surface area (Å²) in [7, 11) is 0. The highest BCUT2D eigenvalue weighted by atomic mass is 79.9. The van der Waals surface area contributed by atoms with E-state index in [1.165, 1.54) is 24.3 Å². The molecule has 0 atom stereocenters. The highest BCUT2D eigenvalue weighted by molar-refractivity contribution is 9.10. The van der Waals surface area contributed by atoms with Gasteiger partial charge in [0.2, 0.25) is 0 Å². The van der Waals surface area contributed by atoms with Gasteiger partial charge >= 0.3 is 0 Å². The number of rotatable bonds is 5. The van der Waals surface area contributed by atoms with Crippen LogP contribution in [0.3, 0.4) is 0 Å². The van der Waals surface area contributed by atoms with E-state index >= 15 is 0 Å². The third-order valence-corrected chi connectivity index (χ3v) is 4.49. The Hall–Kier alpha value is -1.30. The number of hydrogen-bond acceptors (Lipinski definition) is 2. The summed E-state index contributed by atoms with van der Waals surface area (Å²) in [6, 6.07) is 10.3. The summed E-state index contributed by atoms with van der Waals surface area (Å²) in [6.07, 6.45) is 0.182. The lowest BCUT2D eigenvalue weighted by atomic mass is 9.77. The maximum Gasteiger partial charge on any atom is 0.137 e. The summed E-state index contributed by atoms with van der Waals surface area (Å²) in [6.45, 7) is -0.758. The lowest BCUT2D eigenvalue weighted by Crippen LogP contribution is -2.37. The maximum absolute atomic E-state index is 13.6. The molecule has 0 saturated carbocycles. The predicted molar refractivity (Wildman–Crippen MR) is 80.1 cm³/mol. The van der Waals surface area contributed by atoms with Crippen LogP contribution in [0.25, 0.3) is 0 Å². The molecule has 2 nitrogen and oxygen atoms in total. The van der Waals surface area contributed by atoms with Gasteiger partial charge in [-0.2, -0.15) is 0 Å². The molecule has 0 aliphatic rings. The quantitative estimate of drug-likeness (QED) is 0.863. The molecule has 0 aromatic heterocycles. The average molecular weight is 357 g/mol. The Morgan fingerprint density at radius 1 is 1.00 bits per heavy atom. The molecule has 0 amide bonds. The Morgan fingerprint density at radius 3 is 2.29 bits per heavy atom. The van der Waals surface area contributed by atoms with Crippen LogP contribution in [0.4, 0.5) is 8.78 Å².